The van der Waals surface area contributed by atoms with Crippen LogP contribution in [0.25, 0.3) is 21.7 Å². The zero-order chi connectivity index (χ0) is 11.8. The van der Waals surface area contributed by atoms with E-state index in [1.54, 1.807) is 7.11 Å². The Hall–Kier alpha value is -2.09. The normalized spacial score (nSPS) is 10.9. The molecule has 0 N–H and O–H groups in total. The van der Waals surface area contributed by atoms with Crippen molar-refractivity contribution in [3.63, 3.8) is 0 Å². The van der Waals surface area contributed by atoms with Crippen molar-refractivity contribution in [1.29, 1.82) is 0 Å². The number of ether oxygens (including phenoxy) is 1. The molecule has 1 aromatic heterocycles. The predicted octanol–water partition coefficient (Wildman–Crippen LogP) is 2.83. The minimum Gasteiger partial charge on any atom is -0.496 e. The minimum absolute atomic E-state index is 0.926. The van der Waals surface area contributed by atoms with Crippen LogP contribution < -0.4 is 9.30 Å². The van der Waals surface area contributed by atoms with Crippen LogP contribution in [0, 0.1) is 0 Å². The molecule has 84 valence electrons. The lowest BCUT2D eigenvalue weighted by molar-refractivity contribution is -0.644. The van der Waals surface area contributed by atoms with Crippen molar-refractivity contribution in [2.24, 2.45) is 7.05 Å². The molecule has 17 heavy (non-hydrogen) atoms. The average molecular weight is 224 g/mol. The molecule has 0 radical (unpaired) electrons. The Morgan fingerprint density at radius 1 is 0.941 bits per heavy atom. The van der Waals surface area contributed by atoms with Crippen LogP contribution in [0.5, 0.6) is 5.75 Å². The summed E-state index contributed by atoms with van der Waals surface area (Å²) in [5.41, 5.74) is 1.21. The molecule has 3 rings (SSSR count). The number of fused-ring (bicyclic) bond motifs is 3. The van der Waals surface area contributed by atoms with Crippen molar-refractivity contribution in [3.05, 3.63) is 48.7 Å². The van der Waals surface area contributed by atoms with Crippen LogP contribution in [0.2, 0.25) is 0 Å². The Balaban J connectivity index is 2.61. The van der Waals surface area contributed by atoms with Crippen LogP contribution in [-0.4, -0.2) is 7.11 Å². The maximum atomic E-state index is 5.48. The first-order valence-corrected chi connectivity index (χ1v) is 5.65. The first-order valence-electron chi connectivity index (χ1n) is 5.65. The molecule has 0 spiro atoms. The third kappa shape index (κ3) is 1.45. The Bertz CT molecular complexity index is 704. The van der Waals surface area contributed by atoms with Crippen LogP contribution in [0.15, 0.2) is 48.7 Å². The molecule has 0 unspecified atom stereocenters. The summed E-state index contributed by atoms with van der Waals surface area (Å²) in [5, 5.41) is 3.61. The number of nitrogens with zero attached hydrogens (tertiary/aromatic N) is 1. The van der Waals surface area contributed by atoms with Gasteiger partial charge in [-0.15, -0.1) is 0 Å². The molecular formula is C15H14NO+. The van der Waals surface area contributed by atoms with Crippen molar-refractivity contribution in [3.8, 4) is 5.75 Å². The molecule has 0 aliphatic carbocycles. The maximum Gasteiger partial charge on any atom is 0.223 e. The first-order chi connectivity index (χ1) is 8.31. The molecule has 0 saturated carbocycles. The molecule has 2 aromatic carbocycles. The third-order valence-electron chi connectivity index (χ3n) is 3.17. The fraction of sp³-hybridized carbons (Fsp3) is 0.133. The van der Waals surface area contributed by atoms with E-state index in [0.29, 0.717) is 0 Å². The highest BCUT2D eigenvalue weighted by atomic mass is 16.5. The maximum absolute atomic E-state index is 5.48. The van der Waals surface area contributed by atoms with Crippen LogP contribution >= 0.6 is 0 Å². The lowest BCUT2D eigenvalue weighted by Crippen LogP contribution is -2.28. The van der Waals surface area contributed by atoms with Crippen molar-refractivity contribution >= 4 is 21.7 Å². The monoisotopic (exact) mass is 224 g/mol. The summed E-state index contributed by atoms with van der Waals surface area (Å²) in [6.07, 6.45) is 2.06. The van der Waals surface area contributed by atoms with Gasteiger partial charge in [0.2, 0.25) is 5.52 Å². The van der Waals surface area contributed by atoms with Gasteiger partial charge in [0.05, 0.1) is 12.5 Å². The minimum atomic E-state index is 0.926. The highest BCUT2D eigenvalue weighted by Gasteiger charge is 2.13. The van der Waals surface area contributed by atoms with E-state index in [1.165, 1.54) is 21.7 Å². The molecule has 0 aliphatic rings. The van der Waals surface area contributed by atoms with Crippen LogP contribution in [0.1, 0.15) is 0 Å². The number of benzene rings is 2. The van der Waals surface area contributed by atoms with Crippen LogP contribution in [0.4, 0.5) is 0 Å². The zero-order valence-corrected chi connectivity index (χ0v) is 9.97. The number of aromatic nitrogens is 1. The van der Waals surface area contributed by atoms with Crippen LogP contribution in [0.3, 0.4) is 0 Å². The van der Waals surface area contributed by atoms with E-state index in [-0.39, 0.29) is 0 Å². The number of rotatable bonds is 1. The van der Waals surface area contributed by atoms with E-state index >= 15 is 0 Å². The van der Waals surface area contributed by atoms with Gasteiger partial charge in [-0.05, 0) is 23.6 Å². The lowest BCUT2D eigenvalue weighted by Gasteiger charge is -2.06. The second-order valence-electron chi connectivity index (χ2n) is 4.18. The van der Waals surface area contributed by atoms with Gasteiger partial charge in [-0.2, -0.15) is 0 Å². The lowest BCUT2D eigenvalue weighted by atomic mass is 10.1. The summed E-state index contributed by atoms with van der Waals surface area (Å²) >= 11 is 0. The molecule has 3 aromatic rings. The van der Waals surface area contributed by atoms with E-state index < -0.39 is 0 Å². The van der Waals surface area contributed by atoms with E-state index in [9.17, 15) is 0 Å². The Morgan fingerprint density at radius 3 is 2.53 bits per heavy atom. The van der Waals surface area contributed by atoms with Gasteiger partial charge in [-0.3, -0.25) is 0 Å². The van der Waals surface area contributed by atoms with Gasteiger partial charge >= 0.3 is 0 Å². The molecule has 0 aliphatic heterocycles. The van der Waals surface area contributed by atoms with Gasteiger partial charge in [0.25, 0.3) is 0 Å². The number of hydrogen-bond donors (Lipinski definition) is 0. The molecular weight excluding hydrogens is 210 g/mol. The van der Waals surface area contributed by atoms with Crippen molar-refractivity contribution < 1.29 is 9.30 Å². The highest BCUT2D eigenvalue weighted by Crippen LogP contribution is 2.30. The number of methoxy groups -OCH3 is 1. The Morgan fingerprint density at radius 2 is 1.71 bits per heavy atom. The molecule has 0 amide bonds. The quantitative estimate of drug-likeness (QED) is 0.457. The fourth-order valence-corrected chi connectivity index (χ4v) is 2.38. The van der Waals surface area contributed by atoms with Crippen molar-refractivity contribution in [2.75, 3.05) is 7.11 Å². The molecule has 0 bridgehead atoms. The molecule has 2 heteroatoms. The van der Waals surface area contributed by atoms with Gasteiger partial charge in [0.15, 0.2) is 6.20 Å². The second-order valence-corrected chi connectivity index (χ2v) is 4.18. The number of aryl methyl sites for hydroxylation is 1. The summed E-state index contributed by atoms with van der Waals surface area (Å²) in [7, 11) is 3.78. The summed E-state index contributed by atoms with van der Waals surface area (Å²) in [4.78, 5) is 0. The van der Waals surface area contributed by atoms with Gasteiger partial charge in [0.1, 0.15) is 12.8 Å². The first kappa shape index (κ1) is 10.1. The molecule has 0 saturated heterocycles. The highest BCUT2D eigenvalue weighted by molar-refractivity contribution is 6.06. The number of pyridine rings is 1. The van der Waals surface area contributed by atoms with Crippen LogP contribution in [-0.2, 0) is 7.05 Å². The smallest absolute Gasteiger partial charge is 0.223 e. The van der Waals surface area contributed by atoms with Crippen molar-refractivity contribution in [2.45, 2.75) is 0 Å². The largest absolute Gasteiger partial charge is 0.496 e. The summed E-state index contributed by atoms with van der Waals surface area (Å²) < 4.78 is 7.62. The topological polar surface area (TPSA) is 13.1 Å². The van der Waals surface area contributed by atoms with E-state index in [2.05, 4.69) is 48.1 Å². The van der Waals surface area contributed by atoms with E-state index in [0.717, 1.165) is 5.75 Å². The van der Waals surface area contributed by atoms with E-state index in [1.807, 2.05) is 12.1 Å². The summed E-state index contributed by atoms with van der Waals surface area (Å²) in [6.45, 7) is 0. The van der Waals surface area contributed by atoms with Gasteiger partial charge in [-0.25, -0.2) is 4.57 Å². The van der Waals surface area contributed by atoms with Crippen molar-refractivity contribution in [1.82, 2.24) is 0 Å². The molecule has 1 heterocycles. The fourth-order valence-electron chi connectivity index (χ4n) is 2.38. The Kier molecular flexibility index (Phi) is 2.22. The van der Waals surface area contributed by atoms with Gasteiger partial charge in [-0.1, -0.05) is 18.2 Å². The summed E-state index contributed by atoms with van der Waals surface area (Å²) in [5.74, 6) is 0.926. The average Bonchev–Trinajstić information content (AvgIpc) is 2.38. The van der Waals surface area contributed by atoms with E-state index in [4.69, 9.17) is 4.74 Å². The Labute approximate surface area is 100 Å². The third-order valence-corrected chi connectivity index (χ3v) is 3.17. The van der Waals surface area contributed by atoms with Gasteiger partial charge in [0, 0.05) is 11.5 Å². The molecule has 0 fully saturated rings. The SMILES string of the molecule is COc1cccc2ccc3ccc[n+](C)c3c12. The number of hydrogen-bond acceptors (Lipinski definition) is 1. The summed E-state index contributed by atoms with van der Waals surface area (Å²) in [6, 6.07) is 14.6. The standard InChI is InChI=1S/C15H14NO/c1-16-10-4-6-12-9-8-11-5-3-7-13(17-2)14(11)15(12)16/h3-10H,1-2H3/q+1. The predicted molar refractivity (Wildman–Crippen MR) is 69.2 cm³/mol. The second kappa shape index (κ2) is 3.74. The molecule has 0 atom stereocenters. The zero-order valence-electron chi connectivity index (χ0n) is 9.97. The molecule has 2 nitrogen and oxygen atoms in total. The van der Waals surface area contributed by atoms with Gasteiger partial charge < -0.3 is 4.74 Å².